The van der Waals surface area contributed by atoms with Gasteiger partial charge in [-0.05, 0) is 61.0 Å². The molecular weight excluding hydrogens is 1030 g/mol. The van der Waals surface area contributed by atoms with Crippen LogP contribution in [-0.2, 0) is 6.18 Å². The Morgan fingerprint density at radius 3 is 1.45 bits per heavy atom. The molecule has 6 aromatic heterocycles. The Kier molecular flexibility index (Phi) is 25.1. The molecule has 6 heterocycles. The molecule has 0 N–H and O–H groups in total. The minimum atomic E-state index is -4.58. The molecule has 12 nitrogen and oxygen atoms in total. The van der Waals surface area contributed by atoms with E-state index in [0.717, 1.165) is 35.3 Å². The maximum Gasteiger partial charge on any atom is 0.417 e. The van der Waals surface area contributed by atoms with Crippen LogP contribution in [0.15, 0.2) is 110 Å². The minimum absolute atomic E-state index is 0.0244. The first-order valence-electron chi connectivity index (χ1n) is 17.8. The highest BCUT2D eigenvalue weighted by Crippen LogP contribution is 2.33. The lowest BCUT2D eigenvalue weighted by atomic mass is 10.1. The molecule has 0 bridgehead atoms. The largest absolute Gasteiger partial charge is 0.417 e. The minimum Gasteiger partial charge on any atom is -0.298 e. The summed E-state index contributed by atoms with van der Waals surface area (Å²) in [6, 6.07) is 21.3. The van der Waals surface area contributed by atoms with Crippen molar-refractivity contribution in [3.8, 4) is 11.1 Å². The van der Waals surface area contributed by atoms with Crippen molar-refractivity contribution < 1.29 is 46.3 Å². The molecule has 23 heteroatoms. The van der Waals surface area contributed by atoms with Crippen LogP contribution >= 0.6 is 81.2 Å². The van der Waals surface area contributed by atoms with E-state index in [2.05, 4.69) is 29.9 Å². The highest BCUT2D eigenvalue weighted by molar-refractivity contribution is 6.34. The molecule has 0 aliphatic rings. The van der Waals surface area contributed by atoms with Gasteiger partial charge in [0.1, 0.15) is 36.7 Å². The Labute approximate surface area is 413 Å². The van der Waals surface area contributed by atoms with Crippen molar-refractivity contribution in [3.63, 3.8) is 0 Å². The molecule has 0 saturated heterocycles. The van der Waals surface area contributed by atoms with Gasteiger partial charge in [0, 0.05) is 36.0 Å². The summed E-state index contributed by atoms with van der Waals surface area (Å²) in [6.45, 7) is 1.82. The summed E-state index contributed by atoms with van der Waals surface area (Å²) in [5.74, 6) is -0.563. The number of aldehydes is 6. The maximum atomic E-state index is 12.3. The average molecular weight is 1060 g/mol. The smallest absolute Gasteiger partial charge is 0.298 e. The number of benzene rings is 1. The summed E-state index contributed by atoms with van der Waals surface area (Å²) < 4.78 is 48.8. The fourth-order valence-electron chi connectivity index (χ4n) is 4.30. The maximum absolute atomic E-state index is 12.3. The van der Waals surface area contributed by atoms with E-state index < -0.39 is 28.3 Å². The van der Waals surface area contributed by atoms with Crippen LogP contribution in [0, 0.1) is 12.7 Å². The number of alkyl halides is 3. The highest BCUT2D eigenvalue weighted by Gasteiger charge is 2.34. The van der Waals surface area contributed by atoms with Crippen molar-refractivity contribution in [2.75, 3.05) is 0 Å². The van der Waals surface area contributed by atoms with Crippen LogP contribution in [0.4, 0.5) is 17.6 Å². The molecule has 0 saturated carbocycles. The third kappa shape index (κ3) is 19.7. The lowest BCUT2D eigenvalue weighted by Crippen LogP contribution is -2.09. The number of carbonyl (C=O) groups is 6. The number of hydrogen-bond acceptors (Lipinski definition) is 12. The quantitative estimate of drug-likeness (QED) is 0.0839. The van der Waals surface area contributed by atoms with Gasteiger partial charge in [-0.15, -0.1) is 0 Å². The first kappa shape index (κ1) is 57.0. The molecule has 0 spiro atoms. The van der Waals surface area contributed by atoms with E-state index in [-0.39, 0.29) is 37.6 Å². The second-order valence-corrected chi connectivity index (χ2v) is 14.6. The average Bonchev–Trinajstić information content (AvgIpc) is 3.32. The van der Waals surface area contributed by atoms with E-state index in [1.54, 1.807) is 36.5 Å². The molecule has 0 unspecified atom stereocenters. The molecule has 346 valence electrons. The molecule has 1 aromatic carbocycles. The fourth-order valence-corrected chi connectivity index (χ4v) is 5.51. The molecule has 0 aliphatic carbocycles. The Morgan fingerprint density at radius 2 is 0.970 bits per heavy atom. The van der Waals surface area contributed by atoms with Crippen molar-refractivity contribution in [1.82, 2.24) is 29.9 Å². The van der Waals surface area contributed by atoms with Crippen molar-refractivity contribution in [2.45, 2.75) is 13.1 Å². The molecule has 7 aromatic rings. The van der Waals surface area contributed by atoms with Gasteiger partial charge in [-0.2, -0.15) is 13.2 Å². The summed E-state index contributed by atoms with van der Waals surface area (Å²) >= 11 is 38.5. The van der Waals surface area contributed by atoms with E-state index in [1.807, 2.05) is 37.3 Å². The summed E-state index contributed by atoms with van der Waals surface area (Å²) in [6.07, 6.45) is 5.04. The summed E-state index contributed by atoms with van der Waals surface area (Å²) in [4.78, 5) is 83.5. The first-order valence-corrected chi connectivity index (χ1v) is 20.5. The Bertz CT molecular complexity index is 2740. The van der Waals surface area contributed by atoms with Gasteiger partial charge >= 0.3 is 6.18 Å². The number of hydrogen-bond donors (Lipinski definition) is 0. The summed E-state index contributed by atoms with van der Waals surface area (Å²) in [7, 11) is 0. The molecule has 67 heavy (non-hydrogen) atoms. The topological polar surface area (TPSA) is 180 Å². The fraction of sp³-hybridized carbons (Fsp3) is 0.0455. The molecular formula is C44H27Cl7F4N6O6. The van der Waals surface area contributed by atoms with E-state index in [0.29, 0.717) is 64.8 Å². The zero-order chi connectivity index (χ0) is 50.1. The second-order valence-electron chi connectivity index (χ2n) is 12.0. The normalized spacial score (nSPS) is 9.85. The van der Waals surface area contributed by atoms with Crippen molar-refractivity contribution in [3.05, 3.63) is 196 Å². The van der Waals surface area contributed by atoms with E-state index in [1.165, 1.54) is 18.5 Å². The third-order valence-electron chi connectivity index (χ3n) is 7.44. The lowest BCUT2D eigenvalue weighted by Gasteiger charge is -2.08. The third-order valence-corrected chi connectivity index (χ3v) is 9.52. The number of aryl methyl sites for hydroxylation is 1. The zero-order valence-electron chi connectivity index (χ0n) is 33.6. The number of pyridine rings is 6. The summed E-state index contributed by atoms with van der Waals surface area (Å²) in [5, 5.41) is 0.944. The molecule has 7 rings (SSSR count). The zero-order valence-corrected chi connectivity index (χ0v) is 38.9. The number of rotatable bonds is 7. The van der Waals surface area contributed by atoms with Gasteiger partial charge < -0.3 is 0 Å². The Morgan fingerprint density at radius 1 is 0.463 bits per heavy atom. The van der Waals surface area contributed by atoms with Gasteiger partial charge in [0.25, 0.3) is 0 Å². The predicted molar refractivity (Wildman–Crippen MR) is 248 cm³/mol. The van der Waals surface area contributed by atoms with Crippen LogP contribution in [0.5, 0.6) is 0 Å². The molecule has 0 fully saturated rings. The van der Waals surface area contributed by atoms with E-state index in [4.69, 9.17) is 81.2 Å². The highest BCUT2D eigenvalue weighted by atomic mass is 35.5. The number of halogens is 11. The standard InChI is InChI=1S/C12H8ClNO.C7H3ClF3NO.C7H6ClNO.C6H3Cl2NO.C6H3ClFNO.C6H4ClNO/c13-12-11(8-15)6-10(7-14-12)9-4-2-1-3-5-9;8-6-4(3-13)5(1-2-12-6)7(9,10)11;1-5-2-3-6(4-10)7(8)9-5;7-5-1-4(3-10)6(8)9-2-5;7-6-4(3-10)1-5(8)2-9-6;7-6-5(4-9)2-1-3-8-6/h1-8H;1-3H;2-4H,1H3;2*1-3H;1-4H. The van der Waals surface area contributed by atoms with Crippen LogP contribution in [0.25, 0.3) is 11.1 Å². The van der Waals surface area contributed by atoms with Crippen LogP contribution in [0.3, 0.4) is 0 Å². The molecule has 0 amide bonds. The van der Waals surface area contributed by atoms with Crippen molar-refractivity contribution >= 4 is 119 Å². The monoisotopic (exact) mass is 1060 g/mol. The Hall–Kier alpha value is -6.11. The van der Waals surface area contributed by atoms with E-state index in [9.17, 15) is 46.3 Å². The Balaban J connectivity index is 0.000000279. The van der Waals surface area contributed by atoms with Crippen LogP contribution in [-0.4, -0.2) is 67.6 Å². The number of nitrogens with zero attached hydrogens (tertiary/aromatic N) is 6. The van der Waals surface area contributed by atoms with Gasteiger partial charge in [0.2, 0.25) is 0 Å². The van der Waals surface area contributed by atoms with Crippen molar-refractivity contribution in [2.24, 2.45) is 0 Å². The van der Waals surface area contributed by atoms with Crippen LogP contribution in [0.1, 0.15) is 73.4 Å². The first-order chi connectivity index (χ1) is 31.8. The van der Waals surface area contributed by atoms with Gasteiger partial charge in [0.05, 0.1) is 50.2 Å². The van der Waals surface area contributed by atoms with Crippen LogP contribution in [0.2, 0.25) is 35.9 Å². The van der Waals surface area contributed by atoms with E-state index >= 15 is 0 Å². The number of carbonyl (C=O) groups excluding carboxylic acids is 6. The molecule has 0 atom stereocenters. The van der Waals surface area contributed by atoms with Crippen molar-refractivity contribution in [1.29, 1.82) is 0 Å². The van der Waals surface area contributed by atoms with Gasteiger partial charge in [-0.3, -0.25) is 28.8 Å². The molecule has 0 radical (unpaired) electrons. The van der Waals surface area contributed by atoms with Gasteiger partial charge in [-0.25, -0.2) is 34.3 Å². The lowest BCUT2D eigenvalue weighted by molar-refractivity contribution is -0.137. The van der Waals surface area contributed by atoms with Gasteiger partial charge in [0.15, 0.2) is 37.7 Å². The SMILES string of the molecule is Cc1ccc(C=O)c(Cl)n1.O=Cc1c(C(F)(F)F)ccnc1Cl.O=Cc1cc(-c2ccccc2)cnc1Cl.O=Cc1cc(Cl)cnc1Cl.O=Cc1cc(F)cnc1Cl.O=Cc1cccnc1Cl. The number of aromatic nitrogens is 6. The van der Waals surface area contributed by atoms with Gasteiger partial charge in [-0.1, -0.05) is 112 Å². The predicted octanol–water partition coefficient (Wildman–Crippen LogP) is 13.1. The van der Waals surface area contributed by atoms with Crippen LogP contribution < -0.4 is 0 Å². The second kappa shape index (κ2) is 29.5. The summed E-state index contributed by atoms with van der Waals surface area (Å²) in [5.41, 5.74) is 2.70. The molecule has 0 aliphatic heterocycles.